The summed E-state index contributed by atoms with van der Waals surface area (Å²) < 4.78 is 0. The quantitative estimate of drug-likeness (QED) is 0.656. The molecule has 0 radical (unpaired) electrons. The summed E-state index contributed by atoms with van der Waals surface area (Å²) in [6.07, 6.45) is 4.51. The predicted octanol–water partition coefficient (Wildman–Crippen LogP) is 1.54. The van der Waals surface area contributed by atoms with Crippen molar-refractivity contribution >= 4 is 5.91 Å². The lowest BCUT2D eigenvalue weighted by Gasteiger charge is -2.11. The third-order valence-electron chi connectivity index (χ3n) is 3.17. The fraction of sp³-hybridized carbons (Fsp3) is 0.917. The van der Waals surface area contributed by atoms with Gasteiger partial charge >= 0.3 is 0 Å². The molecule has 88 valence electrons. The maximum Gasteiger partial charge on any atom is 0.221 e. The van der Waals surface area contributed by atoms with Gasteiger partial charge in [0.1, 0.15) is 0 Å². The van der Waals surface area contributed by atoms with Crippen LogP contribution in [0.3, 0.4) is 0 Å². The molecule has 0 aromatic heterocycles. The summed E-state index contributed by atoms with van der Waals surface area (Å²) in [6, 6.07) is 0. The molecule has 1 amide bonds. The molecule has 1 fully saturated rings. The lowest BCUT2D eigenvalue weighted by molar-refractivity contribution is -0.121. The summed E-state index contributed by atoms with van der Waals surface area (Å²) in [5.41, 5.74) is 0. The Hall–Kier alpha value is -0.570. The second-order valence-electron chi connectivity index (χ2n) is 4.69. The van der Waals surface area contributed by atoms with E-state index in [-0.39, 0.29) is 5.91 Å². The zero-order valence-corrected chi connectivity index (χ0v) is 10.0. The van der Waals surface area contributed by atoms with Gasteiger partial charge in [0, 0.05) is 19.5 Å². The Morgan fingerprint density at radius 1 is 1.40 bits per heavy atom. The minimum absolute atomic E-state index is 0.190. The first-order chi connectivity index (χ1) is 7.22. The van der Waals surface area contributed by atoms with Gasteiger partial charge < -0.3 is 10.6 Å². The van der Waals surface area contributed by atoms with Gasteiger partial charge in [0.05, 0.1) is 0 Å². The number of carbonyl (C=O) groups is 1. The van der Waals surface area contributed by atoms with E-state index in [4.69, 9.17) is 0 Å². The first kappa shape index (κ1) is 12.5. The van der Waals surface area contributed by atoms with Crippen molar-refractivity contribution in [2.45, 2.75) is 39.5 Å². The molecule has 0 bridgehead atoms. The largest absolute Gasteiger partial charge is 0.356 e. The van der Waals surface area contributed by atoms with Crippen LogP contribution >= 0.6 is 0 Å². The Morgan fingerprint density at radius 3 is 2.80 bits per heavy atom. The molecule has 3 heteroatoms. The molecule has 0 heterocycles. The molecule has 0 aromatic rings. The van der Waals surface area contributed by atoms with Crippen LogP contribution in [0, 0.1) is 11.8 Å². The Kier molecular flexibility index (Phi) is 5.69. The van der Waals surface area contributed by atoms with E-state index in [0.717, 1.165) is 31.5 Å². The van der Waals surface area contributed by atoms with Crippen LogP contribution in [-0.4, -0.2) is 25.5 Å². The topological polar surface area (TPSA) is 41.1 Å². The molecule has 3 nitrogen and oxygen atoms in total. The average molecular weight is 212 g/mol. The van der Waals surface area contributed by atoms with Gasteiger partial charge in [-0.05, 0) is 31.2 Å². The Balaban J connectivity index is 2.01. The van der Waals surface area contributed by atoms with Crippen LogP contribution in [0.25, 0.3) is 0 Å². The van der Waals surface area contributed by atoms with E-state index < -0.39 is 0 Å². The molecule has 15 heavy (non-hydrogen) atoms. The summed E-state index contributed by atoms with van der Waals surface area (Å²) in [4.78, 5) is 11.4. The van der Waals surface area contributed by atoms with Crippen molar-refractivity contribution in [1.29, 1.82) is 0 Å². The van der Waals surface area contributed by atoms with Gasteiger partial charge in [-0.15, -0.1) is 0 Å². The monoisotopic (exact) mass is 212 g/mol. The van der Waals surface area contributed by atoms with Crippen LogP contribution in [0.15, 0.2) is 0 Å². The molecule has 1 saturated carbocycles. The van der Waals surface area contributed by atoms with Gasteiger partial charge in [-0.2, -0.15) is 0 Å². The highest BCUT2D eigenvalue weighted by Crippen LogP contribution is 2.29. The van der Waals surface area contributed by atoms with E-state index in [2.05, 4.69) is 24.5 Å². The highest BCUT2D eigenvalue weighted by molar-refractivity contribution is 5.76. The number of nitrogens with one attached hydrogen (secondary N) is 2. The Morgan fingerprint density at radius 2 is 2.20 bits per heavy atom. The standard InChI is InChI=1S/C12H24N2O/c1-3-13-7-6-12(15)14-9-11-5-4-10(2)8-11/h10-11,13H,3-9H2,1-2H3,(H,14,15). The van der Waals surface area contributed by atoms with Gasteiger partial charge in [-0.3, -0.25) is 4.79 Å². The van der Waals surface area contributed by atoms with E-state index in [9.17, 15) is 4.79 Å². The van der Waals surface area contributed by atoms with Crippen LogP contribution < -0.4 is 10.6 Å². The number of hydrogen-bond donors (Lipinski definition) is 2. The fourth-order valence-electron chi connectivity index (χ4n) is 2.24. The number of amides is 1. The first-order valence-electron chi connectivity index (χ1n) is 6.19. The molecular formula is C12H24N2O. The van der Waals surface area contributed by atoms with E-state index in [1.807, 2.05) is 0 Å². The summed E-state index contributed by atoms with van der Waals surface area (Å²) in [7, 11) is 0. The van der Waals surface area contributed by atoms with Gasteiger partial charge in [-0.1, -0.05) is 20.3 Å². The minimum Gasteiger partial charge on any atom is -0.356 e. The van der Waals surface area contributed by atoms with E-state index in [1.165, 1.54) is 19.3 Å². The average Bonchev–Trinajstić information content (AvgIpc) is 2.62. The molecule has 0 aromatic carbocycles. The molecule has 1 aliphatic rings. The third-order valence-corrected chi connectivity index (χ3v) is 3.17. The van der Waals surface area contributed by atoms with Crippen LogP contribution in [0.5, 0.6) is 0 Å². The van der Waals surface area contributed by atoms with Crippen molar-refractivity contribution < 1.29 is 4.79 Å². The number of hydrogen-bond acceptors (Lipinski definition) is 2. The lowest BCUT2D eigenvalue weighted by atomic mass is 10.1. The molecule has 0 spiro atoms. The Bertz CT molecular complexity index is 194. The van der Waals surface area contributed by atoms with Crippen LogP contribution in [0.2, 0.25) is 0 Å². The summed E-state index contributed by atoms with van der Waals surface area (Å²) in [5.74, 6) is 1.77. The summed E-state index contributed by atoms with van der Waals surface area (Å²) >= 11 is 0. The van der Waals surface area contributed by atoms with Crippen molar-refractivity contribution in [2.24, 2.45) is 11.8 Å². The van der Waals surface area contributed by atoms with Crippen molar-refractivity contribution in [2.75, 3.05) is 19.6 Å². The molecule has 2 atom stereocenters. The molecular weight excluding hydrogens is 188 g/mol. The van der Waals surface area contributed by atoms with Crippen molar-refractivity contribution in [3.8, 4) is 0 Å². The highest BCUT2D eigenvalue weighted by atomic mass is 16.1. The van der Waals surface area contributed by atoms with Crippen LogP contribution in [0.4, 0.5) is 0 Å². The zero-order chi connectivity index (χ0) is 11.1. The SMILES string of the molecule is CCNCCC(=O)NCC1CCC(C)C1. The normalized spacial score (nSPS) is 25.5. The predicted molar refractivity (Wildman–Crippen MR) is 62.7 cm³/mol. The van der Waals surface area contributed by atoms with Gasteiger partial charge in [0.15, 0.2) is 0 Å². The molecule has 0 saturated heterocycles. The fourth-order valence-corrected chi connectivity index (χ4v) is 2.24. The van der Waals surface area contributed by atoms with Crippen molar-refractivity contribution in [3.05, 3.63) is 0 Å². The molecule has 2 unspecified atom stereocenters. The Labute approximate surface area is 93.0 Å². The van der Waals surface area contributed by atoms with Crippen LogP contribution in [-0.2, 0) is 4.79 Å². The molecule has 1 rings (SSSR count). The van der Waals surface area contributed by atoms with E-state index in [1.54, 1.807) is 0 Å². The molecule has 0 aliphatic heterocycles. The van der Waals surface area contributed by atoms with Crippen LogP contribution in [0.1, 0.15) is 39.5 Å². The van der Waals surface area contributed by atoms with Crippen molar-refractivity contribution in [3.63, 3.8) is 0 Å². The third kappa shape index (κ3) is 5.17. The summed E-state index contributed by atoms with van der Waals surface area (Å²) in [5, 5.41) is 6.18. The smallest absolute Gasteiger partial charge is 0.221 e. The first-order valence-corrected chi connectivity index (χ1v) is 6.19. The number of carbonyl (C=O) groups excluding carboxylic acids is 1. The van der Waals surface area contributed by atoms with Gasteiger partial charge in [0.25, 0.3) is 0 Å². The molecule has 2 N–H and O–H groups in total. The van der Waals surface area contributed by atoms with E-state index >= 15 is 0 Å². The lowest BCUT2D eigenvalue weighted by Crippen LogP contribution is -2.31. The van der Waals surface area contributed by atoms with Gasteiger partial charge in [-0.25, -0.2) is 0 Å². The van der Waals surface area contributed by atoms with Crippen molar-refractivity contribution in [1.82, 2.24) is 10.6 Å². The summed E-state index contributed by atoms with van der Waals surface area (Å²) in [6.45, 7) is 6.97. The zero-order valence-electron chi connectivity index (χ0n) is 10.0. The highest BCUT2D eigenvalue weighted by Gasteiger charge is 2.21. The maximum atomic E-state index is 11.4. The second kappa shape index (κ2) is 6.83. The minimum atomic E-state index is 0.190. The second-order valence-corrected chi connectivity index (χ2v) is 4.69. The van der Waals surface area contributed by atoms with Gasteiger partial charge in [0.2, 0.25) is 5.91 Å². The molecule has 1 aliphatic carbocycles. The number of rotatable bonds is 6. The maximum absolute atomic E-state index is 11.4. The van der Waals surface area contributed by atoms with E-state index in [0.29, 0.717) is 6.42 Å².